The fourth-order valence-corrected chi connectivity index (χ4v) is 2.11. The standard InChI is InChI=1S/C12H10BrFN2O3/c1-6-11(18)15-10(17)5-16(6)12(19)8-3-2-7(13)4-9(8)14/h2-4,6H,5H2,1H3,(H,15,17,18). The number of benzene rings is 1. The minimum Gasteiger partial charge on any atom is -0.317 e. The molecular weight excluding hydrogens is 319 g/mol. The average Bonchev–Trinajstić information content (AvgIpc) is 2.33. The molecule has 0 saturated carbocycles. The Bertz CT molecular complexity index is 576. The van der Waals surface area contributed by atoms with E-state index in [9.17, 15) is 18.8 Å². The molecule has 0 radical (unpaired) electrons. The van der Waals surface area contributed by atoms with Crippen molar-refractivity contribution in [3.63, 3.8) is 0 Å². The first-order valence-electron chi connectivity index (χ1n) is 5.50. The Kier molecular flexibility index (Phi) is 3.66. The Labute approximate surface area is 116 Å². The van der Waals surface area contributed by atoms with Crippen LogP contribution in [0.25, 0.3) is 0 Å². The fraction of sp³-hybridized carbons (Fsp3) is 0.250. The number of imide groups is 1. The summed E-state index contributed by atoms with van der Waals surface area (Å²) in [4.78, 5) is 36.0. The van der Waals surface area contributed by atoms with E-state index < -0.39 is 29.6 Å². The highest BCUT2D eigenvalue weighted by molar-refractivity contribution is 9.10. The van der Waals surface area contributed by atoms with Gasteiger partial charge in [-0.25, -0.2) is 4.39 Å². The predicted octanol–water partition coefficient (Wildman–Crippen LogP) is 1.08. The number of carbonyl (C=O) groups is 3. The van der Waals surface area contributed by atoms with E-state index in [1.807, 2.05) is 0 Å². The van der Waals surface area contributed by atoms with Crippen molar-refractivity contribution in [2.24, 2.45) is 0 Å². The first-order valence-corrected chi connectivity index (χ1v) is 6.29. The summed E-state index contributed by atoms with van der Waals surface area (Å²) in [6.07, 6.45) is 0. The summed E-state index contributed by atoms with van der Waals surface area (Å²) in [5.74, 6) is -2.53. The Hall–Kier alpha value is -1.76. The second-order valence-electron chi connectivity index (χ2n) is 4.15. The highest BCUT2D eigenvalue weighted by Gasteiger charge is 2.34. The van der Waals surface area contributed by atoms with Gasteiger partial charge >= 0.3 is 0 Å². The molecule has 0 bridgehead atoms. The maximum Gasteiger partial charge on any atom is 0.257 e. The summed E-state index contributed by atoms with van der Waals surface area (Å²) in [6.45, 7) is 1.22. The van der Waals surface area contributed by atoms with Crippen LogP contribution in [-0.4, -0.2) is 35.2 Å². The van der Waals surface area contributed by atoms with Crippen molar-refractivity contribution in [3.8, 4) is 0 Å². The van der Waals surface area contributed by atoms with Crippen LogP contribution in [0.1, 0.15) is 17.3 Å². The van der Waals surface area contributed by atoms with Crippen LogP contribution in [0, 0.1) is 5.82 Å². The van der Waals surface area contributed by atoms with E-state index in [-0.39, 0.29) is 12.1 Å². The fourth-order valence-electron chi connectivity index (χ4n) is 1.78. The lowest BCUT2D eigenvalue weighted by Crippen LogP contribution is -2.58. The highest BCUT2D eigenvalue weighted by atomic mass is 79.9. The van der Waals surface area contributed by atoms with Gasteiger partial charge in [0.05, 0.1) is 5.56 Å². The number of nitrogens with one attached hydrogen (secondary N) is 1. The van der Waals surface area contributed by atoms with E-state index in [1.54, 1.807) is 0 Å². The molecule has 7 heteroatoms. The molecule has 1 aromatic rings. The van der Waals surface area contributed by atoms with Crippen LogP contribution in [0.5, 0.6) is 0 Å². The molecule has 1 atom stereocenters. The Balaban J connectivity index is 2.32. The largest absolute Gasteiger partial charge is 0.317 e. The number of rotatable bonds is 1. The lowest BCUT2D eigenvalue weighted by Gasteiger charge is -2.31. The molecule has 1 aliphatic rings. The first kappa shape index (κ1) is 13.7. The lowest BCUT2D eigenvalue weighted by atomic mass is 10.1. The van der Waals surface area contributed by atoms with Gasteiger partial charge < -0.3 is 4.90 Å². The zero-order valence-corrected chi connectivity index (χ0v) is 11.5. The zero-order valence-electron chi connectivity index (χ0n) is 9.94. The van der Waals surface area contributed by atoms with Crippen LogP contribution in [0.2, 0.25) is 0 Å². The number of hydrogen-bond donors (Lipinski definition) is 1. The maximum absolute atomic E-state index is 13.7. The van der Waals surface area contributed by atoms with Gasteiger partial charge in [0.15, 0.2) is 0 Å². The monoisotopic (exact) mass is 328 g/mol. The van der Waals surface area contributed by atoms with Crippen LogP contribution in [0.3, 0.4) is 0 Å². The third-order valence-electron chi connectivity index (χ3n) is 2.85. The molecule has 1 aromatic carbocycles. The molecule has 0 spiro atoms. The number of hydrogen-bond acceptors (Lipinski definition) is 3. The van der Waals surface area contributed by atoms with E-state index in [1.165, 1.54) is 19.1 Å². The van der Waals surface area contributed by atoms with Gasteiger partial charge in [0.1, 0.15) is 18.4 Å². The molecule has 3 amide bonds. The van der Waals surface area contributed by atoms with Crippen LogP contribution in [0.4, 0.5) is 4.39 Å². The lowest BCUT2D eigenvalue weighted by molar-refractivity contribution is -0.138. The van der Waals surface area contributed by atoms with Crippen LogP contribution in [0.15, 0.2) is 22.7 Å². The van der Waals surface area contributed by atoms with Crippen molar-refractivity contribution in [1.82, 2.24) is 10.2 Å². The van der Waals surface area contributed by atoms with E-state index in [0.717, 1.165) is 11.0 Å². The molecule has 19 heavy (non-hydrogen) atoms. The summed E-state index contributed by atoms with van der Waals surface area (Å²) in [6, 6.07) is 3.18. The van der Waals surface area contributed by atoms with E-state index in [4.69, 9.17) is 0 Å². The highest BCUT2D eigenvalue weighted by Crippen LogP contribution is 2.18. The number of nitrogens with zero attached hydrogens (tertiary/aromatic N) is 1. The molecule has 1 saturated heterocycles. The van der Waals surface area contributed by atoms with Crippen molar-refractivity contribution in [3.05, 3.63) is 34.1 Å². The molecular formula is C12H10BrFN2O3. The van der Waals surface area contributed by atoms with Gasteiger partial charge in [0.2, 0.25) is 11.8 Å². The molecule has 0 aromatic heterocycles. The molecule has 100 valence electrons. The maximum atomic E-state index is 13.7. The van der Waals surface area contributed by atoms with Gasteiger partial charge in [-0.1, -0.05) is 15.9 Å². The molecule has 2 rings (SSSR count). The van der Waals surface area contributed by atoms with Gasteiger partial charge in [-0.2, -0.15) is 0 Å². The summed E-state index contributed by atoms with van der Waals surface area (Å²) < 4.78 is 14.2. The molecule has 1 N–H and O–H groups in total. The normalized spacial score (nSPS) is 19.3. The Morgan fingerprint density at radius 3 is 2.79 bits per heavy atom. The Morgan fingerprint density at radius 2 is 2.16 bits per heavy atom. The predicted molar refractivity (Wildman–Crippen MR) is 67.7 cm³/mol. The molecule has 1 aliphatic heterocycles. The summed E-state index contributed by atoms with van der Waals surface area (Å²) >= 11 is 3.09. The van der Waals surface area contributed by atoms with E-state index >= 15 is 0 Å². The summed E-state index contributed by atoms with van der Waals surface area (Å²) in [7, 11) is 0. The second kappa shape index (κ2) is 5.08. The van der Waals surface area contributed by atoms with Crippen molar-refractivity contribution < 1.29 is 18.8 Å². The van der Waals surface area contributed by atoms with Crippen LogP contribution < -0.4 is 5.32 Å². The third-order valence-corrected chi connectivity index (χ3v) is 3.34. The smallest absolute Gasteiger partial charge is 0.257 e. The van der Waals surface area contributed by atoms with Crippen molar-refractivity contribution >= 4 is 33.7 Å². The third kappa shape index (κ3) is 2.65. The van der Waals surface area contributed by atoms with Gasteiger partial charge in [0.25, 0.3) is 5.91 Å². The molecule has 0 aliphatic carbocycles. The average molecular weight is 329 g/mol. The number of halogens is 2. The number of carbonyl (C=O) groups excluding carboxylic acids is 3. The minimum absolute atomic E-state index is 0.169. The quantitative estimate of drug-likeness (QED) is 0.784. The molecule has 1 fully saturated rings. The zero-order chi connectivity index (χ0) is 14.2. The van der Waals surface area contributed by atoms with Gasteiger partial charge in [-0.15, -0.1) is 0 Å². The van der Waals surface area contributed by atoms with Gasteiger partial charge in [-0.05, 0) is 25.1 Å². The van der Waals surface area contributed by atoms with Crippen LogP contribution in [-0.2, 0) is 9.59 Å². The summed E-state index contributed by atoms with van der Waals surface area (Å²) in [5, 5.41) is 2.12. The topological polar surface area (TPSA) is 66.5 Å². The van der Waals surface area contributed by atoms with Crippen LogP contribution >= 0.6 is 15.9 Å². The number of piperazine rings is 1. The van der Waals surface area contributed by atoms with E-state index in [2.05, 4.69) is 21.2 Å². The van der Waals surface area contributed by atoms with Gasteiger partial charge in [-0.3, -0.25) is 19.7 Å². The first-order chi connectivity index (χ1) is 8.90. The van der Waals surface area contributed by atoms with Crippen molar-refractivity contribution in [2.75, 3.05) is 6.54 Å². The summed E-state index contributed by atoms with van der Waals surface area (Å²) in [5.41, 5.74) is -0.169. The van der Waals surface area contributed by atoms with Gasteiger partial charge in [0, 0.05) is 4.47 Å². The molecule has 1 heterocycles. The van der Waals surface area contributed by atoms with Crippen molar-refractivity contribution in [2.45, 2.75) is 13.0 Å². The van der Waals surface area contributed by atoms with Crippen molar-refractivity contribution in [1.29, 1.82) is 0 Å². The minimum atomic E-state index is -0.812. The molecule has 1 unspecified atom stereocenters. The SMILES string of the molecule is CC1C(=O)NC(=O)CN1C(=O)c1ccc(Br)cc1F. The molecule has 5 nitrogen and oxygen atoms in total. The second-order valence-corrected chi connectivity index (χ2v) is 5.06. The number of amides is 3. The van der Waals surface area contributed by atoms with E-state index in [0.29, 0.717) is 4.47 Å². The Morgan fingerprint density at radius 1 is 1.47 bits per heavy atom.